The maximum Gasteiger partial charge on any atom is 0.303 e. The molecule has 2 aromatic rings. The molecule has 8 nitrogen and oxygen atoms in total. The fraction of sp³-hybridized carbons (Fsp3) is 0.214. The van der Waals surface area contributed by atoms with Gasteiger partial charge in [-0.05, 0) is 23.9 Å². The molecular formula is C14H13NO7S2. The van der Waals surface area contributed by atoms with E-state index in [9.17, 15) is 18.3 Å². The molecule has 1 aromatic heterocycles. The first-order chi connectivity index (χ1) is 11.4. The van der Waals surface area contributed by atoms with Gasteiger partial charge in [-0.1, -0.05) is 6.07 Å². The third-order valence-electron chi connectivity index (χ3n) is 3.31. The number of thiophene rings is 1. The average molecular weight is 371 g/mol. The first-order valence-corrected chi connectivity index (χ1v) is 9.17. The number of phenolic OH excluding ortho intramolecular Hbond substituents is 1. The van der Waals surface area contributed by atoms with Gasteiger partial charge < -0.3 is 19.7 Å². The number of phenols is 1. The summed E-state index contributed by atoms with van der Waals surface area (Å²) in [6.45, 7) is -0.168. The van der Waals surface area contributed by atoms with E-state index >= 15 is 0 Å². The van der Waals surface area contributed by atoms with Crippen LogP contribution in [0.15, 0.2) is 27.8 Å². The van der Waals surface area contributed by atoms with Crippen LogP contribution in [0.1, 0.15) is 12.0 Å². The standard InChI is InChI=1S/C14H13NO7S2/c16-10(17)4-3-8-6-9(13-14(12(8)18)22-7-21-13)15-24(19,20)11-2-1-5-23-11/h1-2,5-6,15,18H,3-4,7H2,(H,16,17). The smallest absolute Gasteiger partial charge is 0.303 e. The van der Waals surface area contributed by atoms with Gasteiger partial charge in [0.05, 0.1) is 5.69 Å². The Hall–Kier alpha value is -2.46. The fourth-order valence-corrected chi connectivity index (χ4v) is 4.27. The number of aryl methyl sites for hydroxylation is 1. The lowest BCUT2D eigenvalue weighted by Gasteiger charge is -2.13. The SMILES string of the molecule is O=C(O)CCc1cc(NS(=O)(=O)c2cccs2)c2c(c1O)OCO2. The van der Waals surface area contributed by atoms with Gasteiger partial charge in [0.25, 0.3) is 10.0 Å². The molecule has 3 rings (SSSR count). The largest absolute Gasteiger partial charge is 0.504 e. The van der Waals surface area contributed by atoms with Crippen LogP contribution >= 0.6 is 11.3 Å². The van der Waals surface area contributed by atoms with Gasteiger partial charge in [-0.2, -0.15) is 0 Å². The van der Waals surface area contributed by atoms with Crippen LogP contribution in [-0.4, -0.2) is 31.4 Å². The number of rotatable bonds is 6. The van der Waals surface area contributed by atoms with E-state index in [0.29, 0.717) is 0 Å². The minimum atomic E-state index is -3.82. The van der Waals surface area contributed by atoms with E-state index in [0.717, 1.165) is 11.3 Å². The molecule has 2 heterocycles. The van der Waals surface area contributed by atoms with Gasteiger partial charge in [-0.15, -0.1) is 11.3 Å². The summed E-state index contributed by atoms with van der Waals surface area (Å²) in [6.07, 6.45) is -0.199. The van der Waals surface area contributed by atoms with E-state index in [2.05, 4.69) is 4.72 Å². The van der Waals surface area contributed by atoms with Crippen LogP contribution in [0.25, 0.3) is 0 Å². The number of carboxylic acid groups (broad SMARTS) is 1. The summed E-state index contributed by atoms with van der Waals surface area (Å²) in [7, 11) is -3.82. The van der Waals surface area contributed by atoms with Gasteiger partial charge in [0.1, 0.15) is 4.21 Å². The number of ether oxygens (including phenoxy) is 2. The van der Waals surface area contributed by atoms with Crippen molar-refractivity contribution in [1.82, 2.24) is 0 Å². The van der Waals surface area contributed by atoms with Gasteiger partial charge >= 0.3 is 5.97 Å². The van der Waals surface area contributed by atoms with Crippen LogP contribution in [0.4, 0.5) is 5.69 Å². The van der Waals surface area contributed by atoms with E-state index in [1.54, 1.807) is 11.4 Å². The molecule has 24 heavy (non-hydrogen) atoms. The second-order valence-electron chi connectivity index (χ2n) is 4.93. The molecule has 128 valence electrons. The third-order valence-corrected chi connectivity index (χ3v) is 6.07. The molecule has 0 atom stereocenters. The van der Waals surface area contributed by atoms with Crippen molar-refractivity contribution in [2.24, 2.45) is 0 Å². The Balaban J connectivity index is 2.00. The second kappa shape index (κ2) is 6.21. The maximum atomic E-state index is 12.4. The molecule has 1 aliphatic heterocycles. The number of aliphatic carboxylic acids is 1. The predicted molar refractivity (Wildman–Crippen MR) is 85.3 cm³/mol. The van der Waals surface area contributed by atoms with Crippen LogP contribution < -0.4 is 14.2 Å². The Morgan fingerprint density at radius 3 is 2.75 bits per heavy atom. The Labute approximate surface area is 141 Å². The molecule has 1 aromatic carbocycles. The number of hydrogen-bond donors (Lipinski definition) is 3. The summed E-state index contributed by atoms with van der Waals surface area (Å²) in [6, 6.07) is 4.42. The van der Waals surface area contributed by atoms with E-state index < -0.39 is 16.0 Å². The maximum absolute atomic E-state index is 12.4. The van der Waals surface area contributed by atoms with Crippen LogP contribution in [0.2, 0.25) is 0 Å². The van der Waals surface area contributed by atoms with Crippen molar-refractivity contribution in [2.75, 3.05) is 11.5 Å². The molecule has 0 aliphatic carbocycles. The number of fused-ring (bicyclic) bond motifs is 1. The number of carbonyl (C=O) groups is 1. The van der Waals surface area contributed by atoms with Gasteiger partial charge in [0, 0.05) is 12.0 Å². The Morgan fingerprint density at radius 1 is 1.33 bits per heavy atom. The quantitative estimate of drug-likeness (QED) is 0.664. The van der Waals surface area contributed by atoms with Crippen molar-refractivity contribution in [2.45, 2.75) is 17.1 Å². The zero-order valence-corrected chi connectivity index (χ0v) is 13.8. The summed E-state index contributed by atoms with van der Waals surface area (Å²) >= 11 is 1.05. The van der Waals surface area contributed by atoms with Gasteiger partial charge in [0.2, 0.25) is 12.5 Å². The number of anilines is 1. The molecule has 0 radical (unpaired) electrons. The Bertz CT molecular complexity index is 875. The summed E-state index contributed by atoms with van der Waals surface area (Å²) < 4.78 is 37.7. The summed E-state index contributed by atoms with van der Waals surface area (Å²) in [4.78, 5) is 10.7. The number of sulfonamides is 1. The topological polar surface area (TPSA) is 122 Å². The minimum absolute atomic E-state index is 0.00164. The molecule has 0 spiro atoms. The zero-order chi connectivity index (χ0) is 17.3. The molecule has 0 amide bonds. The Kier molecular flexibility index (Phi) is 4.24. The minimum Gasteiger partial charge on any atom is -0.504 e. The normalized spacial score (nSPS) is 13.0. The Morgan fingerprint density at radius 2 is 2.08 bits per heavy atom. The highest BCUT2D eigenvalue weighted by atomic mass is 32.2. The molecule has 0 saturated carbocycles. The first-order valence-electron chi connectivity index (χ1n) is 6.81. The number of hydrogen-bond acceptors (Lipinski definition) is 7. The van der Waals surface area contributed by atoms with Crippen LogP contribution in [0.5, 0.6) is 17.2 Å². The monoisotopic (exact) mass is 371 g/mol. The van der Waals surface area contributed by atoms with Crippen molar-refractivity contribution in [1.29, 1.82) is 0 Å². The molecule has 0 unspecified atom stereocenters. The average Bonchev–Trinajstić information content (AvgIpc) is 3.20. The first kappa shape index (κ1) is 16.4. The molecule has 0 fully saturated rings. The summed E-state index contributed by atoms with van der Waals surface area (Å²) in [5, 5.41) is 20.6. The van der Waals surface area contributed by atoms with Crippen LogP contribution in [0, 0.1) is 0 Å². The molecule has 10 heteroatoms. The number of nitrogens with one attached hydrogen (secondary N) is 1. The lowest BCUT2D eigenvalue weighted by Crippen LogP contribution is -2.12. The number of benzene rings is 1. The van der Waals surface area contributed by atoms with Gasteiger partial charge in [-0.3, -0.25) is 9.52 Å². The van der Waals surface area contributed by atoms with Crippen molar-refractivity contribution < 1.29 is 32.9 Å². The van der Waals surface area contributed by atoms with E-state index in [4.69, 9.17) is 14.6 Å². The molecular weight excluding hydrogens is 358 g/mol. The van der Waals surface area contributed by atoms with Gasteiger partial charge in [0.15, 0.2) is 11.5 Å². The van der Waals surface area contributed by atoms with Crippen molar-refractivity contribution in [3.8, 4) is 17.2 Å². The predicted octanol–water partition coefficient (Wildman–Crippen LogP) is 2.00. The van der Waals surface area contributed by atoms with Crippen molar-refractivity contribution in [3.05, 3.63) is 29.1 Å². The highest BCUT2D eigenvalue weighted by molar-refractivity contribution is 7.94. The van der Waals surface area contributed by atoms with Crippen molar-refractivity contribution >= 4 is 33.0 Å². The summed E-state index contributed by atoms with van der Waals surface area (Å²) in [5.41, 5.74) is 0.347. The fourth-order valence-electron chi connectivity index (χ4n) is 2.23. The van der Waals surface area contributed by atoms with Crippen molar-refractivity contribution in [3.63, 3.8) is 0 Å². The zero-order valence-electron chi connectivity index (χ0n) is 12.2. The molecule has 3 N–H and O–H groups in total. The number of aromatic hydroxyl groups is 1. The summed E-state index contributed by atoms with van der Waals surface area (Å²) in [5.74, 6) is -1.20. The lowest BCUT2D eigenvalue weighted by molar-refractivity contribution is -0.136. The lowest BCUT2D eigenvalue weighted by atomic mass is 10.1. The van der Waals surface area contributed by atoms with E-state index in [1.165, 1.54) is 12.1 Å². The van der Waals surface area contributed by atoms with E-state index in [-0.39, 0.29) is 52.3 Å². The second-order valence-corrected chi connectivity index (χ2v) is 7.78. The van der Waals surface area contributed by atoms with Crippen LogP contribution in [0.3, 0.4) is 0 Å². The van der Waals surface area contributed by atoms with E-state index in [1.807, 2.05) is 0 Å². The highest BCUT2D eigenvalue weighted by Gasteiger charge is 2.28. The van der Waals surface area contributed by atoms with Crippen LogP contribution in [-0.2, 0) is 21.2 Å². The third kappa shape index (κ3) is 3.10. The molecule has 0 saturated heterocycles. The highest BCUT2D eigenvalue weighted by Crippen LogP contribution is 2.48. The van der Waals surface area contributed by atoms with Gasteiger partial charge in [-0.25, -0.2) is 8.42 Å². The molecule has 1 aliphatic rings. The number of carboxylic acids is 1. The molecule has 0 bridgehead atoms.